The predicted octanol–water partition coefficient (Wildman–Crippen LogP) is 3.03. The van der Waals surface area contributed by atoms with Crippen molar-refractivity contribution < 1.29 is 39.0 Å². The Labute approximate surface area is 224 Å². The summed E-state index contributed by atoms with van der Waals surface area (Å²) in [4.78, 5) is 55.3. The Balaban J connectivity index is 1.59. The smallest absolute Gasteiger partial charge is 0.257 e. The molecular weight excluding hydrogens is 504 g/mol. The Morgan fingerprint density at radius 1 is 0.949 bits per heavy atom. The Morgan fingerprint density at radius 3 is 2.33 bits per heavy atom. The fraction of sp³-hybridized carbons (Fsp3) is 0.379. The van der Waals surface area contributed by atoms with Crippen LogP contribution in [-0.2, 0) is 19.2 Å². The summed E-state index contributed by atoms with van der Waals surface area (Å²) < 4.78 is 11.0. The minimum Gasteiger partial charge on any atom is -0.507 e. The summed E-state index contributed by atoms with van der Waals surface area (Å²) in [5.74, 6) is -5.78. The van der Waals surface area contributed by atoms with Gasteiger partial charge in [-0.15, -0.1) is 0 Å². The standard InChI is InChI=1S/C29H28N2O8/c1-29-19(26(34)30(28(29)36)14-7-5-4-6-8-14)13-18-16(9-10-17-22(18)27(35)31(37)25(17)33)24(29)23-20(32)11-15(38-2)12-21(23)39-3/h4-9,11-12,17-19,22,24,32,37H,10,13H2,1-3H3/t17-,18+,19-,22-,24+,29+/m0/s1. The molecule has 0 bridgehead atoms. The van der Waals surface area contributed by atoms with Crippen LogP contribution in [0.5, 0.6) is 17.2 Å². The first kappa shape index (κ1) is 25.1. The van der Waals surface area contributed by atoms with Gasteiger partial charge < -0.3 is 14.6 Å². The summed E-state index contributed by atoms with van der Waals surface area (Å²) in [7, 11) is 2.88. The number of ether oxygens (including phenoxy) is 2. The van der Waals surface area contributed by atoms with E-state index in [1.807, 2.05) is 6.08 Å². The molecule has 202 valence electrons. The highest BCUT2D eigenvalue weighted by Crippen LogP contribution is 2.65. The Kier molecular flexibility index (Phi) is 5.58. The number of carbonyl (C=O) groups excluding carboxylic acids is 4. The van der Waals surface area contributed by atoms with E-state index >= 15 is 0 Å². The van der Waals surface area contributed by atoms with Gasteiger partial charge in [0.2, 0.25) is 11.8 Å². The van der Waals surface area contributed by atoms with Crippen molar-refractivity contribution in [3.63, 3.8) is 0 Å². The average Bonchev–Trinajstić information content (AvgIpc) is 3.28. The van der Waals surface area contributed by atoms with Crippen molar-refractivity contribution in [1.29, 1.82) is 0 Å². The highest BCUT2D eigenvalue weighted by molar-refractivity contribution is 6.24. The lowest BCUT2D eigenvalue weighted by Crippen LogP contribution is -2.49. The van der Waals surface area contributed by atoms with Crippen molar-refractivity contribution in [2.24, 2.45) is 29.1 Å². The van der Waals surface area contributed by atoms with Crippen LogP contribution >= 0.6 is 0 Å². The molecular formula is C29H28N2O8. The second-order valence-electron chi connectivity index (χ2n) is 10.7. The molecule has 0 radical (unpaired) electrons. The van der Waals surface area contributed by atoms with Crippen LogP contribution < -0.4 is 14.4 Å². The van der Waals surface area contributed by atoms with Crippen LogP contribution in [0.1, 0.15) is 31.2 Å². The molecule has 2 aliphatic carbocycles. The maximum atomic E-state index is 14.3. The van der Waals surface area contributed by atoms with E-state index in [2.05, 4.69) is 0 Å². The first-order valence-electron chi connectivity index (χ1n) is 12.8. The van der Waals surface area contributed by atoms with Gasteiger partial charge in [0.25, 0.3) is 11.8 Å². The molecule has 2 N–H and O–H groups in total. The summed E-state index contributed by atoms with van der Waals surface area (Å²) in [5.41, 5.74) is 0.0536. The number of amides is 4. The zero-order chi connectivity index (χ0) is 27.8. The molecule has 39 heavy (non-hydrogen) atoms. The van der Waals surface area contributed by atoms with Crippen molar-refractivity contribution in [3.8, 4) is 17.2 Å². The molecule has 2 aromatic rings. The fourth-order valence-electron chi connectivity index (χ4n) is 7.29. The quantitative estimate of drug-likeness (QED) is 0.349. The third-order valence-corrected chi connectivity index (χ3v) is 9.10. The Morgan fingerprint density at radius 2 is 1.67 bits per heavy atom. The number of benzene rings is 2. The average molecular weight is 533 g/mol. The minimum atomic E-state index is -1.34. The highest BCUT2D eigenvalue weighted by Gasteiger charge is 2.68. The molecule has 2 aliphatic heterocycles. The van der Waals surface area contributed by atoms with Crippen LogP contribution in [-0.4, -0.2) is 53.2 Å². The maximum absolute atomic E-state index is 14.3. The lowest BCUT2D eigenvalue weighted by atomic mass is 9.51. The number of anilines is 1. The molecule has 4 amide bonds. The second-order valence-corrected chi connectivity index (χ2v) is 10.7. The number of hydroxylamine groups is 2. The van der Waals surface area contributed by atoms with E-state index in [1.165, 1.54) is 25.2 Å². The molecule has 1 saturated carbocycles. The first-order valence-corrected chi connectivity index (χ1v) is 12.8. The van der Waals surface area contributed by atoms with Crippen molar-refractivity contribution >= 4 is 29.3 Å². The fourth-order valence-corrected chi connectivity index (χ4v) is 7.29. The van der Waals surface area contributed by atoms with E-state index in [4.69, 9.17) is 9.47 Å². The zero-order valence-corrected chi connectivity index (χ0v) is 21.7. The molecule has 6 rings (SSSR count). The number of imide groups is 2. The highest BCUT2D eigenvalue weighted by atomic mass is 16.5. The molecule has 10 nitrogen and oxygen atoms in total. The summed E-state index contributed by atoms with van der Waals surface area (Å²) in [6.07, 6.45) is 2.15. The number of fused-ring (bicyclic) bond motifs is 4. The molecule has 3 fully saturated rings. The van der Waals surface area contributed by atoms with Gasteiger partial charge in [0.1, 0.15) is 17.2 Å². The summed E-state index contributed by atoms with van der Waals surface area (Å²) >= 11 is 0. The largest absolute Gasteiger partial charge is 0.507 e. The van der Waals surface area contributed by atoms with Crippen LogP contribution in [0.25, 0.3) is 0 Å². The van der Waals surface area contributed by atoms with Crippen molar-refractivity contribution in [2.75, 3.05) is 19.1 Å². The molecule has 2 aromatic carbocycles. The van der Waals surface area contributed by atoms with Crippen LogP contribution in [0.3, 0.4) is 0 Å². The van der Waals surface area contributed by atoms with Gasteiger partial charge in [-0.05, 0) is 37.8 Å². The molecule has 0 unspecified atom stereocenters. The first-order chi connectivity index (χ1) is 18.6. The van der Waals surface area contributed by atoms with Crippen molar-refractivity contribution in [3.05, 3.63) is 59.7 Å². The minimum absolute atomic E-state index is 0.139. The van der Waals surface area contributed by atoms with E-state index in [0.29, 0.717) is 22.6 Å². The molecule has 10 heteroatoms. The number of phenols is 1. The lowest BCUT2D eigenvalue weighted by molar-refractivity contribution is -0.173. The Hall–Kier alpha value is -4.18. The number of hydrogen-bond acceptors (Lipinski definition) is 8. The third-order valence-electron chi connectivity index (χ3n) is 9.10. The van der Waals surface area contributed by atoms with Gasteiger partial charge >= 0.3 is 0 Å². The second kappa shape index (κ2) is 8.67. The van der Waals surface area contributed by atoms with Gasteiger partial charge in [-0.1, -0.05) is 29.8 Å². The van der Waals surface area contributed by atoms with E-state index < -0.39 is 58.6 Å². The number of methoxy groups -OCH3 is 2. The van der Waals surface area contributed by atoms with Crippen LogP contribution in [0.4, 0.5) is 5.69 Å². The number of carbonyl (C=O) groups is 4. The van der Waals surface area contributed by atoms with Crippen LogP contribution in [0, 0.1) is 29.1 Å². The van der Waals surface area contributed by atoms with Gasteiger partial charge in [0.15, 0.2) is 0 Å². The number of nitrogens with zero attached hydrogens (tertiary/aromatic N) is 2. The van der Waals surface area contributed by atoms with Gasteiger partial charge in [0.05, 0.1) is 43.1 Å². The monoisotopic (exact) mass is 532 g/mol. The van der Waals surface area contributed by atoms with Crippen molar-refractivity contribution in [2.45, 2.75) is 25.7 Å². The molecule has 2 saturated heterocycles. The third kappa shape index (κ3) is 3.24. The van der Waals surface area contributed by atoms with E-state index in [0.717, 1.165) is 0 Å². The molecule has 2 heterocycles. The Bertz CT molecular complexity index is 1450. The SMILES string of the molecule is COc1cc(O)c([C@H]2C3=CC[C@@H]4C(=O)N(O)C(=O)[C@@H]4[C@@H]3C[C@H]3C(=O)N(c4ccccc4)C(=O)[C@@]23C)c(OC)c1. The summed E-state index contributed by atoms with van der Waals surface area (Å²) in [5, 5.41) is 21.7. The van der Waals surface area contributed by atoms with Gasteiger partial charge in [-0.3, -0.25) is 24.4 Å². The van der Waals surface area contributed by atoms with Crippen LogP contribution in [0.2, 0.25) is 0 Å². The number of allylic oxidation sites excluding steroid dienone is 2. The molecule has 6 atom stereocenters. The van der Waals surface area contributed by atoms with Crippen molar-refractivity contribution in [1.82, 2.24) is 5.06 Å². The number of para-hydroxylation sites is 1. The maximum Gasteiger partial charge on any atom is 0.257 e. The lowest BCUT2D eigenvalue weighted by Gasteiger charge is -2.49. The zero-order valence-electron chi connectivity index (χ0n) is 21.7. The summed E-state index contributed by atoms with van der Waals surface area (Å²) in [6, 6.07) is 11.6. The predicted molar refractivity (Wildman–Crippen MR) is 136 cm³/mol. The number of phenolic OH excluding ortho intramolecular Hbond substituents is 1. The van der Waals surface area contributed by atoms with Gasteiger partial charge in [-0.25, -0.2) is 4.90 Å². The number of rotatable bonds is 4. The number of aromatic hydroxyl groups is 1. The van der Waals surface area contributed by atoms with Crippen LogP contribution in [0.15, 0.2) is 54.1 Å². The van der Waals surface area contributed by atoms with E-state index in [1.54, 1.807) is 43.3 Å². The molecule has 0 aromatic heterocycles. The summed E-state index contributed by atoms with van der Waals surface area (Å²) in [6.45, 7) is 1.72. The molecule has 0 spiro atoms. The van der Waals surface area contributed by atoms with E-state index in [-0.39, 0.29) is 29.4 Å². The topological polar surface area (TPSA) is 134 Å². The van der Waals surface area contributed by atoms with E-state index in [9.17, 15) is 29.5 Å². The van der Waals surface area contributed by atoms with Gasteiger partial charge in [-0.2, -0.15) is 5.06 Å². The van der Waals surface area contributed by atoms with Gasteiger partial charge in [0, 0.05) is 23.6 Å². The number of hydrogen-bond donors (Lipinski definition) is 2. The normalized spacial score (nSPS) is 31.6. The molecule has 4 aliphatic rings.